The lowest BCUT2D eigenvalue weighted by Gasteiger charge is -2.25. The number of benzene rings is 3. The number of methoxy groups -OCH3 is 1. The maximum Gasteiger partial charge on any atom is 0.333 e. The van der Waals surface area contributed by atoms with Crippen molar-refractivity contribution in [2.75, 3.05) is 13.7 Å². The number of nitrogens with zero attached hydrogens (tertiary/aromatic N) is 1. The Bertz CT molecular complexity index is 1360. The van der Waals surface area contributed by atoms with Gasteiger partial charge in [0.25, 0.3) is 5.91 Å². The minimum Gasteiger partial charge on any atom is -0.493 e. The van der Waals surface area contributed by atoms with Gasteiger partial charge in [0.15, 0.2) is 17.5 Å². The first kappa shape index (κ1) is 27.4. The fourth-order valence-electron chi connectivity index (χ4n) is 4.02. The highest BCUT2D eigenvalue weighted by Gasteiger charge is 2.42. The first-order chi connectivity index (χ1) is 18.4. The zero-order valence-electron chi connectivity index (χ0n) is 21.5. The normalized spacial score (nSPS) is 15.0. The molecule has 1 unspecified atom stereocenters. The first-order valence-corrected chi connectivity index (χ1v) is 13.5. The van der Waals surface area contributed by atoms with Crippen molar-refractivity contribution >= 4 is 46.3 Å². The Kier molecular flexibility index (Phi) is 9.20. The van der Waals surface area contributed by atoms with E-state index in [0.29, 0.717) is 39.3 Å². The second kappa shape index (κ2) is 12.8. The molecule has 1 atom stereocenters. The van der Waals surface area contributed by atoms with Crippen molar-refractivity contribution in [1.82, 2.24) is 4.90 Å². The van der Waals surface area contributed by atoms with Gasteiger partial charge in [-0.05, 0) is 48.2 Å². The smallest absolute Gasteiger partial charge is 0.333 e. The second-order valence-corrected chi connectivity index (χ2v) is 10.4. The number of thiocarbonyl (C=S) groups is 1. The number of amides is 1. The molecule has 38 heavy (non-hydrogen) atoms. The highest BCUT2D eigenvalue weighted by molar-refractivity contribution is 8.26. The number of hydrogen-bond donors (Lipinski definition) is 0. The highest BCUT2D eigenvalue weighted by atomic mass is 32.2. The minimum atomic E-state index is -0.951. The summed E-state index contributed by atoms with van der Waals surface area (Å²) >= 11 is 6.71. The van der Waals surface area contributed by atoms with Crippen molar-refractivity contribution in [1.29, 1.82) is 0 Å². The van der Waals surface area contributed by atoms with Gasteiger partial charge in [-0.1, -0.05) is 97.1 Å². The fraction of sp³-hybridized carbons (Fsp3) is 0.233. The van der Waals surface area contributed by atoms with Crippen molar-refractivity contribution in [3.05, 3.63) is 100.0 Å². The number of carbonyl (C=O) groups is 2. The molecular formula is C30H29NO5S2. The summed E-state index contributed by atoms with van der Waals surface area (Å²) in [4.78, 5) is 28.3. The van der Waals surface area contributed by atoms with Crippen LogP contribution < -0.4 is 9.47 Å². The van der Waals surface area contributed by atoms with Crippen LogP contribution >= 0.6 is 24.0 Å². The van der Waals surface area contributed by atoms with Gasteiger partial charge in [-0.3, -0.25) is 9.69 Å². The van der Waals surface area contributed by atoms with Gasteiger partial charge in [0, 0.05) is 0 Å². The molecule has 3 aromatic rings. The maximum atomic E-state index is 13.5. The lowest BCUT2D eigenvalue weighted by Crippen LogP contribution is -2.38. The molecule has 0 aromatic heterocycles. The van der Waals surface area contributed by atoms with E-state index >= 15 is 0 Å². The molecule has 4 rings (SSSR count). The summed E-state index contributed by atoms with van der Waals surface area (Å²) in [6.45, 7) is 4.63. The molecule has 1 saturated heterocycles. The van der Waals surface area contributed by atoms with Gasteiger partial charge < -0.3 is 14.2 Å². The van der Waals surface area contributed by atoms with E-state index in [-0.39, 0.29) is 12.5 Å². The van der Waals surface area contributed by atoms with E-state index in [1.807, 2.05) is 68.4 Å². The van der Waals surface area contributed by atoms with Gasteiger partial charge in [0.1, 0.15) is 10.9 Å². The van der Waals surface area contributed by atoms with E-state index in [9.17, 15) is 9.59 Å². The quantitative estimate of drug-likeness (QED) is 0.164. The summed E-state index contributed by atoms with van der Waals surface area (Å²) in [5.41, 5.74) is 3.61. The largest absolute Gasteiger partial charge is 0.493 e. The van der Waals surface area contributed by atoms with Crippen LogP contribution in [0, 0.1) is 6.92 Å². The number of rotatable bonds is 10. The average Bonchev–Trinajstić information content (AvgIpc) is 3.19. The van der Waals surface area contributed by atoms with Crippen molar-refractivity contribution in [3.8, 4) is 11.5 Å². The van der Waals surface area contributed by atoms with Crippen LogP contribution in [-0.4, -0.2) is 34.8 Å². The van der Waals surface area contributed by atoms with Crippen molar-refractivity contribution in [2.24, 2.45) is 0 Å². The first-order valence-electron chi connectivity index (χ1n) is 12.3. The predicted molar refractivity (Wildman–Crippen MR) is 154 cm³/mol. The molecule has 6 nitrogen and oxygen atoms in total. The minimum absolute atomic E-state index is 0.269. The molecule has 0 N–H and O–H groups in total. The van der Waals surface area contributed by atoms with Crippen LogP contribution in [0.25, 0.3) is 6.08 Å². The maximum absolute atomic E-state index is 13.5. The van der Waals surface area contributed by atoms with Crippen molar-refractivity contribution < 1.29 is 23.8 Å². The molecule has 1 amide bonds. The molecule has 196 valence electrons. The molecular weight excluding hydrogens is 518 g/mol. The molecule has 0 saturated carbocycles. The summed E-state index contributed by atoms with van der Waals surface area (Å²) in [5, 5.41) is 0. The topological polar surface area (TPSA) is 65.1 Å². The van der Waals surface area contributed by atoms with Gasteiger partial charge in [-0.2, -0.15) is 0 Å². The van der Waals surface area contributed by atoms with Crippen LogP contribution in [0.5, 0.6) is 11.5 Å². The summed E-state index contributed by atoms with van der Waals surface area (Å²) < 4.78 is 17.3. The van der Waals surface area contributed by atoms with Gasteiger partial charge in [0.2, 0.25) is 0 Å². The molecule has 8 heteroatoms. The van der Waals surface area contributed by atoms with E-state index in [2.05, 4.69) is 6.07 Å². The van der Waals surface area contributed by atoms with Gasteiger partial charge in [-0.15, -0.1) is 0 Å². The average molecular weight is 548 g/mol. The number of esters is 1. The molecule has 0 aliphatic carbocycles. The molecule has 1 fully saturated rings. The zero-order chi connectivity index (χ0) is 27.1. The number of hydrogen-bond acceptors (Lipinski definition) is 7. The lowest BCUT2D eigenvalue weighted by molar-refractivity contribution is -0.151. The monoisotopic (exact) mass is 547 g/mol. The van der Waals surface area contributed by atoms with Crippen LogP contribution in [0.15, 0.2) is 77.7 Å². The molecule has 0 bridgehead atoms. The van der Waals surface area contributed by atoms with Crippen LogP contribution in [0.1, 0.15) is 41.6 Å². The van der Waals surface area contributed by atoms with E-state index in [1.54, 1.807) is 25.3 Å². The second-order valence-electron chi connectivity index (χ2n) is 8.72. The van der Waals surface area contributed by atoms with E-state index in [0.717, 1.165) is 22.9 Å². The summed E-state index contributed by atoms with van der Waals surface area (Å²) in [6, 6.07) is 21.7. The molecule has 1 aliphatic rings. The number of carbonyl (C=O) groups excluding carboxylic acids is 2. The van der Waals surface area contributed by atoms with E-state index in [1.165, 1.54) is 10.5 Å². The van der Waals surface area contributed by atoms with Crippen molar-refractivity contribution in [2.45, 2.75) is 32.9 Å². The van der Waals surface area contributed by atoms with Crippen LogP contribution in [-0.2, 0) is 20.9 Å². The van der Waals surface area contributed by atoms with Crippen LogP contribution in [0.4, 0.5) is 0 Å². The van der Waals surface area contributed by atoms with Crippen LogP contribution in [0.3, 0.4) is 0 Å². The summed E-state index contributed by atoms with van der Waals surface area (Å²) in [5.74, 6) is 0.294. The lowest BCUT2D eigenvalue weighted by atomic mass is 10.1. The molecule has 3 aromatic carbocycles. The summed E-state index contributed by atoms with van der Waals surface area (Å²) in [6.07, 6.45) is 2.42. The molecule has 0 spiro atoms. The van der Waals surface area contributed by atoms with E-state index in [4.69, 9.17) is 26.4 Å². The number of aryl methyl sites for hydroxylation is 1. The zero-order valence-corrected chi connectivity index (χ0v) is 23.1. The van der Waals surface area contributed by atoms with Gasteiger partial charge in [0.05, 0.1) is 18.6 Å². The predicted octanol–water partition coefficient (Wildman–Crippen LogP) is 6.48. The van der Waals surface area contributed by atoms with Gasteiger partial charge >= 0.3 is 5.97 Å². The third kappa shape index (κ3) is 6.44. The summed E-state index contributed by atoms with van der Waals surface area (Å²) in [7, 11) is 1.57. The Morgan fingerprint density at radius 2 is 1.84 bits per heavy atom. The molecule has 1 heterocycles. The van der Waals surface area contributed by atoms with Crippen LogP contribution in [0.2, 0.25) is 0 Å². The fourth-order valence-corrected chi connectivity index (χ4v) is 5.33. The molecule has 1 aliphatic heterocycles. The Morgan fingerprint density at radius 1 is 1.05 bits per heavy atom. The third-order valence-corrected chi connectivity index (χ3v) is 7.16. The number of thioether (sulfide) groups is 1. The Balaban J connectivity index is 1.56. The molecule has 0 radical (unpaired) electrons. The standard InChI is InChI=1S/C30H29NO5S2/c1-4-15-35-29(33)27(23-11-6-5-7-12-23)31-28(32)26(38-30(31)37)18-21-13-14-24(25(17-21)34-3)36-19-22-10-8-9-20(2)16-22/h5-14,16-18,27H,4,15,19H2,1-3H3/b26-18+. The SMILES string of the molecule is CCCOC(=O)C(c1ccccc1)N1C(=O)/C(=C\c2ccc(OCc3cccc(C)c3)c(OC)c2)SC1=S. The van der Waals surface area contributed by atoms with Gasteiger partial charge in [-0.25, -0.2) is 4.79 Å². The Hall–Kier alpha value is -3.62. The highest BCUT2D eigenvalue weighted by Crippen LogP contribution is 2.39. The third-order valence-electron chi connectivity index (χ3n) is 5.83. The van der Waals surface area contributed by atoms with Crippen molar-refractivity contribution in [3.63, 3.8) is 0 Å². The Labute approximate surface area is 232 Å². The Morgan fingerprint density at radius 3 is 2.55 bits per heavy atom. The van der Waals surface area contributed by atoms with E-state index < -0.39 is 12.0 Å². The number of ether oxygens (including phenoxy) is 3.